The van der Waals surface area contributed by atoms with E-state index in [1.54, 1.807) is 36.8 Å². The molecule has 1 aliphatic rings. The third kappa shape index (κ3) is 6.62. The summed E-state index contributed by atoms with van der Waals surface area (Å²) in [7, 11) is 3.79. The highest BCUT2D eigenvalue weighted by Gasteiger charge is 2.24. The first-order valence-corrected chi connectivity index (χ1v) is 11.3. The lowest BCUT2D eigenvalue weighted by Crippen LogP contribution is -2.15. The molecule has 8 heteroatoms. The van der Waals surface area contributed by atoms with Crippen molar-refractivity contribution < 1.29 is 9.18 Å². The first-order valence-electron chi connectivity index (χ1n) is 11.3. The average molecular weight is 471 g/mol. The van der Waals surface area contributed by atoms with Gasteiger partial charge in [0.1, 0.15) is 5.82 Å². The summed E-state index contributed by atoms with van der Waals surface area (Å²) < 4.78 is 14.8. The third-order valence-electron chi connectivity index (χ3n) is 5.39. The number of carbonyl (C=O) groups is 1. The largest absolute Gasteiger partial charge is 0.382 e. The van der Waals surface area contributed by atoms with Crippen LogP contribution in [0.5, 0.6) is 0 Å². The van der Waals surface area contributed by atoms with E-state index in [9.17, 15) is 9.18 Å². The number of rotatable bonds is 9. The molecule has 1 aromatic carbocycles. The molecule has 3 aromatic rings. The topological polar surface area (TPSA) is 83.0 Å². The SMILES string of the molecule is C=C=C/C(=C\N(C)C)Nc1ncc(-c2ccc(CC(=O)Nc3cncc(C4CC4)c3)c(F)c2)cn1. The molecule has 0 spiro atoms. The van der Waals surface area contributed by atoms with Crippen LogP contribution in [-0.4, -0.2) is 39.9 Å². The molecular weight excluding hydrogens is 443 g/mol. The molecule has 2 heterocycles. The quantitative estimate of drug-likeness (QED) is 0.342. The van der Waals surface area contributed by atoms with Gasteiger partial charge in [-0.1, -0.05) is 18.7 Å². The number of allylic oxidation sites excluding steroid dienone is 1. The summed E-state index contributed by atoms with van der Waals surface area (Å²) in [5.74, 6) is 0.179. The van der Waals surface area contributed by atoms with Gasteiger partial charge in [0.2, 0.25) is 11.9 Å². The van der Waals surface area contributed by atoms with Gasteiger partial charge in [-0.25, -0.2) is 14.4 Å². The zero-order valence-electron chi connectivity index (χ0n) is 19.8. The molecule has 0 bridgehead atoms. The van der Waals surface area contributed by atoms with Crippen LogP contribution in [0.15, 0.2) is 79.3 Å². The number of pyridine rings is 1. The normalized spacial score (nSPS) is 13.1. The summed E-state index contributed by atoms with van der Waals surface area (Å²) in [6.45, 7) is 3.59. The van der Waals surface area contributed by atoms with Gasteiger partial charge in [-0.05, 0) is 47.6 Å². The van der Waals surface area contributed by atoms with E-state index in [1.165, 1.54) is 6.07 Å². The minimum Gasteiger partial charge on any atom is -0.382 e. The predicted molar refractivity (Wildman–Crippen MR) is 135 cm³/mol. The number of halogens is 1. The highest BCUT2D eigenvalue weighted by molar-refractivity contribution is 5.92. The molecule has 1 aliphatic carbocycles. The molecule has 0 unspecified atom stereocenters. The van der Waals surface area contributed by atoms with Crippen molar-refractivity contribution in [1.82, 2.24) is 19.9 Å². The minimum atomic E-state index is -0.461. The molecule has 178 valence electrons. The van der Waals surface area contributed by atoms with Gasteiger partial charge in [0.25, 0.3) is 0 Å². The van der Waals surface area contributed by atoms with Crippen LogP contribution in [0.4, 0.5) is 16.0 Å². The molecule has 0 aliphatic heterocycles. The monoisotopic (exact) mass is 470 g/mol. The third-order valence-corrected chi connectivity index (χ3v) is 5.39. The Balaban J connectivity index is 1.40. The Bertz CT molecular complexity index is 1290. The number of hydrogen-bond acceptors (Lipinski definition) is 6. The van der Waals surface area contributed by atoms with Gasteiger partial charge in [0, 0.05) is 50.5 Å². The molecule has 1 amide bonds. The zero-order valence-corrected chi connectivity index (χ0v) is 19.8. The lowest BCUT2D eigenvalue weighted by atomic mass is 10.0. The fourth-order valence-electron chi connectivity index (χ4n) is 3.58. The Kier molecular flexibility index (Phi) is 7.33. The van der Waals surface area contributed by atoms with Gasteiger partial charge in [-0.15, -0.1) is 5.73 Å². The minimum absolute atomic E-state index is 0.0725. The molecule has 0 saturated heterocycles. The summed E-state index contributed by atoms with van der Waals surface area (Å²) in [6.07, 6.45) is 12.4. The summed E-state index contributed by atoms with van der Waals surface area (Å²) >= 11 is 0. The molecule has 4 rings (SSSR count). The first-order chi connectivity index (χ1) is 16.9. The summed E-state index contributed by atoms with van der Waals surface area (Å²) in [6, 6.07) is 6.70. The second kappa shape index (κ2) is 10.8. The molecule has 2 N–H and O–H groups in total. The Labute approximate surface area is 204 Å². The van der Waals surface area contributed by atoms with Crippen molar-refractivity contribution in [2.75, 3.05) is 24.7 Å². The fourth-order valence-corrected chi connectivity index (χ4v) is 3.58. The van der Waals surface area contributed by atoms with Gasteiger partial charge in [-0.3, -0.25) is 9.78 Å². The molecule has 7 nitrogen and oxygen atoms in total. The van der Waals surface area contributed by atoms with E-state index >= 15 is 0 Å². The Morgan fingerprint density at radius 1 is 1.14 bits per heavy atom. The maximum Gasteiger partial charge on any atom is 0.228 e. The van der Waals surface area contributed by atoms with E-state index in [-0.39, 0.29) is 12.3 Å². The van der Waals surface area contributed by atoms with Crippen molar-refractivity contribution in [2.45, 2.75) is 25.2 Å². The van der Waals surface area contributed by atoms with Crippen molar-refractivity contribution in [1.29, 1.82) is 0 Å². The van der Waals surface area contributed by atoms with Crippen LogP contribution in [-0.2, 0) is 11.2 Å². The van der Waals surface area contributed by atoms with E-state index in [2.05, 4.69) is 37.9 Å². The van der Waals surface area contributed by atoms with Crippen molar-refractivity contribution in [3.63, 3.8) is 0 Å². The van der Waals surface area contributed by atoms with E-state index in [0.717, 1.165) is 24.1 Å². The predicted octanol–water partition coefficient (Wildman–Crippen LogP) is 4.89. The molecular formula is C27H27FN6O. The molecule has 0 radical (unpaired) electrons. The van der Waals surface area contributed by atoms with E-state index in [0.29, 0.717) is 34.2 Å². The molecule has 35 heavy (non-hydrogen) atoms. The highest BCUT2D eigenvalue weighted by Crippen LogP contribution is 2.40. The Morgan fingerprint density at radius 2 is 1.91 bits per heavy atom. The van der Waals surface area contributed by atoms with Crippen LogP contribution in [0.3, 0.4) is 0 Å². The number of amides is 1. The Hall–Kier alpha value is -4.29. The number of nitrogens with zero attached hydrogens (tertiary/aromatic N) is 4. The van der Waals surface area contributed by atoms with Gasteiger partial charge in [-0.2, -0.15) is 0 Å². The zero-order chi connectivity index (χ0) is 24.8. The highest BCUT2D eigenvalue weighted by atomic mass is 19.1. The summed E-state index contributed by atoms with van der Waals surface area (Å²) in [4.78, 5) is 27.2. The van der Waals surface area contributed by atoms with Crippen LogP contribution in [0.2, 0.25) is 0 Å². The number of nitrogens with one attached hydrogen (secondary N) is 2. The van der Waals surface area contributed by atoms with E-state index in [4.69, 9.17) is 0 Å². The van der Waals surface area contributed by atoms with Crippen LogP contribution in [0.25, 0.3) is 11.1 Å². The number of benzene rings is 1. The fraction of sp³-hybridized carbons (Fsp3) is 0.222. The van der Waals surface area contributed by atoms with Crippen LogP contribution in [0.1, 0.15) is 29.9 Å². The van der Waals surface area contributed by atoms with Gasteiger partial charge >= 0.3 is 0 Å². The van der Waals surface area contributed by atoms with Gasteiger partial charge in [0.05, 0.1) is 24.0 Å². The first kappa shape index (κ1) is 23.9. The maximum atomic E-state index is 14.8. The van der Waals surface area contributed by atoms with Crippen molar-refractivity contribution in [3.8, 4) is 11.1 Å². The number of anilines is 2. The maximum absolute atomic E-state index is 14.8. The summed E-state index contributed by atoms with van der Waals surface area (Å²) in [5.41, 5.74) is 6.79. The van der Waals surface area contributed by atoms with E-state index in [1.807, 2.05) is 37.5 Å². The average Bonchev–Trinajstić information content (AvgIpc) is 3.66. The summed E-state index contributed by atoms with van der Waals surface area (Å²) in [5, 5.41) is 5.90. The van der Waals surface area contributed by atoms with Crippen molar-refractivity contribution in [2.24, 2.45) is 0 Å². The Morgan fingerprint density at radius 3 is 2.57 bits per heavy atom. The molecule has 1 saturated carbocycles. The van der Waals surface area contributed by atoms with Crippen LogP contribution in [0, 0.1) is 5.82 Å². The van der Waals surface area contributed by atoms with E-state index < -0.39 is 5.82 Å². The molecule has 1 fully saturated rings. The smallest absolute Gasteiger partial charge is 0.228 e. The van der Waals surface area contributed by atoms with Gasteiger partial charge < -0.3 is 15.5 Å². The lowest BCUT2D eigenvalue weighted by Gasteiger charge is -2.11. The van der Waals surface area contributed by atoms with Crippen LogP contribution < -0.4 is 10.6 Å². The standard InChI is InChI=1S/C27H27FN6O/c1-4-5-23(17-34(2)3)33-27-30-14-22(15-31-27)19-8-9-20(25(28)11-19)12-26(35)32-24-10-21(13-29-16-24)18-6-7-18/h5,8-11,13-18H,1,6-7,12H2,2-3H3,(H,32,35)(H,30,31,33)/b23-17+. The second-order valence-corrected chi connectivity index (χ2v) is 8.63. The number of carbonyl (C=O) groups excluding carboxylic acids is 1. The molecule has 2 aromatic heterocycles. The van der Waals surface area contributed by atoms with Crippen molar-refractivity contribution in [3.05, 3.63) is 96.3 Å². The lowest BCUT2D eigenvalue weighted by molar-refractivity contribution is -0.115. The number of aromatic nitrogens is 3. The van der Waals surface area contributed by atoms with Crippen molar-refractivity contribution >= 4 is 17.5 Å². The number of hydrogen-bond donors (Lipinski definition) is 2. The molecule has 0 atom stereocenters. The van der Waals surface area contributed by atoms with Gasteiger partial charge in [0.15, 0.2) is 0 Å². The second-order valence-electron chi connectivity index (χ2n) is 8.63. The van der Waals surface area contributed by atoms with Crippen LogP contribution >= 0.6 is 0 Å².